The molecule has 9 heteroatoms. The largest absolute Gasteiger partial charge is 0.789 e. The highest BCUT2D eigenvalue weighted by Gasteiger charge is 2.61. The highest BCUT2D eigenvalue weighted by atomic mass is 16.6. The zero-order valence-corrected chi connectivity index (χ0v) is 9.05. The average molecular weight is 257 g/mol. The lowest BCUT2D eigenvalue weighted by molar-refractivity contribution is -0.335. The first-order valence-electron chi connectivity index (χ1n) is 5.00. The second-order valence-corrected chi connectivity index (χ2v) is 3.92. The number of aliphatic hydroxyl groups excluding tert-OH is 3. The molecule has 9 nitrogen and oxygen atoms in total. The minimum absolute atomic E-state index is 0.635. The number of carbonyl (C=O) groups excluding carboxylic acids is 1. The number of aliphatic imine (C=N–C) groups is 1. The number of rotatable bonds is 3. The predicted octanol–water partition coefficient (Wildman–Crippen LogP) is -4.34. The first-order valence-corrected chi connectivity index (χ1v) is 5.00. The molecular formula is C9H11N3O6. The van der Waals surface area contributed by atoms with Crippen LogP contribution in [0.1, 0.15) is 0 Å². The van der Waals surface area contributed by atoms with Gasteiger partial charge in [0.25, 0.3) is 12.2 Å². The maximum Gasteiger partial charge on any atom is 0.258 e. The number of nitrogens with two attached hydrogens (primary N) is 1. The molecular weight excluding hydrogens is 246 g/mol. The maximum atomic E-state index is 11.3. The van der Waals surface area contributed by atoms with Gasteiger partial charge < -0.3 is 30.9 Å². The van der Waals surface area contributed by atoms with E-state index in [-0.39, 0.29) is 0 Å². The molecule has 0 unspecified atom stereocenters. The van der Waals surface area contributed by atoms with Gasteiger partial charge in [-0.05, 0) is 4.99 Å². The Bertz CT molecular complexity index is 425. The van der Waals surface area contributed by atoms with Crippen molar-refractivity contribution in [1.29, 1.82) is 0 Å². The van der Waals surface area contributed by atoms with Crippen molar-refractivity contribution in [3.63, 3.8) is 0 Å². The monoisotopic (exact) mass is 257 g/mol. The van der Waals surface area contributed by atoms with Crippen molar-refractivity contribution in [2.24, 2.45) is 10.7 Å². The zero-order chi connectivity index (χ0) is 13.5. The standard InChI is InChI=1S/C9H11N3O6/c10-8(17)9(2-13)6(16)5(15)7(18-9)12-3-11-1-4(12)14/h1,5-7,13,15-16H,2H2,(H2-,10,14,17)/t5-,6+,7-,9-/m1/s1. The summed E-state index contributed by atoms with van der Waals surface area (Å²) < 4.78 is 5.08. The van der Waals surface area contributed by atoms with Crippen molar-refractivity contribution in [2.45, 2.75) is 24.0 Å². The van der Waals surface area contributed by atoms with E-state index in [9.17, 15) is 20.1 Å². The van der Waals surface area contributed by atoms with Gasteiger partial charge in [0.2, 0.25) is 6.20 Å². The van der Waals surface area contributed by atoms with Gasteiger partial charge in [-0.3, -0.25) is 4.79 Å². The third kappa shape index (κ3) is 1.54. The van der Waals surface area contributed by atoms with Gasteiger partial charge in [0.05, 0.1) is 6.61 Å². The number of carbonyl (C=O) groups is 1. The molecule has 2 aliphatic rings. The van der Waals surface area contributed by atoms with E-state index in [2.05, 4.69) is 11.3 Å². The number of nitrogens with zero attached hydrogens (tertiary/aromatic N) is 2. The highest BCUT2D eigenvalue weighted by Crippen LogP contribution is 2.33. The summed E-state index contributed by atoms with van der Waals surface area (Å²) in [6.07, 6.45) is -1.63. The van der Waals surface area contributed by atoms with Crippen LogP contribution in [0.4, 0.5) is 0 Å². The summed E-state index contributed by atoms with van der Waals surface area (Å²) in [6, 6.07) is 0. The number of aliphatic hydroxyl groups is 3. The Morgan fingerprint density at radius 3 is 2.78 bits per heavy atom. The van der Waals surface area contributed by atoms with E-state index in [0.29, 0.717) is 0 Å². The molecule has 18 heavy (non-hydrogen) atoms. The van der Waals surface area contributed by atoms with Gasteiger partial charge in [0, 0.05) is 0 Å². The third-order valence-electron chi connectivity index (χ3n) is 2.91. The van der Waals surface area contributed by atoms with Gasteiger partial charge in [0.15, 0.2) is 17.7 Å². The van der Waals surface area contributed by atoms with Gasteiger partial charge in [-0.25, -0.2) is 0 Å². The fourth-order valence-corrected chi connectivity index (χ4v) is 1.84. The molecule has 4 atom stereocenters. The first-order chi connectivity index (χ1) is 8.44. The summed E-state index contributed by atoms with van der Waals surface area (Å²) >= 11 is 0. The topological polar surface area (TPSA) is 152 Å². The van der Waals surface area contributed by atoms with E-state index in [1.54, 1.807) is 0 Å². The minimum atomic E-state index is -2.16. The molecule has 1 amide bonds. The fourth-order valence-electron chi connectivity index (χ4n) is 1.84. The van der Waals surface area contributed by atoms with Crippen LogP contribution < -0.4 is 10.8 Å². The van der Waals surface area contributed by atoms with Gasteiger partial charge in [0.1, 0.15) is 12.2 Å². The Morgan fingerprint density at radius 1 is 1.72 bits per heavy atom. The molecule has 1 fully saturated rings. The van der Waals surface area contributed by atoms with E-state index < -0.39 is 42.4 Å². The van der Waals surface area contributed by atoms with Gasteiger partial charge >= 0.3 is 0 Å². The van der Waals surface area contributed by atoms with Crippen LogP contribution in [-0.4, -0.2) is 63.1 Å². The summed E-state index contributed by atoms with van der Waals surface area (Å²) in [5.41, 5.74) is 2.88. The molecule has 0 saturated carbocycles. The van der Waals surface area contributed by atoms with Crippen molar-refractivity contribution < 1.29 is 30.0 Å². The molecule has 0 aromatic rings. The lowest BCUT2D eigenvalue weighted by Crippen LogP contribution is -2.56. The maximum absolute atomic E-state index is 11.3. The van der Waals surface area contributed by atoms with E-state index >= 15 is 0 Å². The van der Waals surface area contributed by atoms with Crippen molar-refractivity contribution in [1.82, 2.24) is 4.90 Å². The molecule has 0 aromatic heterocycles. The SMILES string of the molecule is NC(=O)[C@]1(CO)O[C@@H](N2[C+]=NC=C2[O-])[C@H](O)[C@@H]1O. The van der Waals surface area contributed by atoms with Crippen molar-refractivity contribution in [2.75, 3.05) is 6.61 Å². The van der Waals surface area contributed by atoms with Crippen LogP contribution in [0.5, 0.6) is 0 Å². The average Bonchev–Trinajstić information content (AvgIpc) is 2.85. The third-order valence-corrected chi connectivity index (χ3v) is 2.91. The summed E-state index contributed by atoms with van der Waals surface area (Å²) in [6.45, 7) is -0.931. The minimum Gasteiger partial charge on any atom is -0.789 e. The molecule has 5 N–H and O–H groups in total. The van der Waals surface area contributed by atoms with Crippen LogP contribution in [0, 0.1) is 0 Å². The van der Waals surface area contributed by atoms with Crippen LogP contribution in [0.15, 0.2) is 17.1 Å². The molecule has 1 saturated heterocycles. The van der Waals surface area contributed by atoms with Crippen LogP contribution >= 0.6 is 0 Å². The van der Waals surface area contributed by atoms with Gasteiger partial charge in [-0.2, -0.15) is 0 Å². The second kappa shape index (κ2) is 4.16. The number of primary amides is 1. The molecule has 98 valence electrons. The molecule has 2 rings (SSSR count). The smallest absolute Gasteiger partial charge is 0.258 e. The number of hydrogen-bond acceptors (Lipinski definition) is 8. The molecule has 0 radical (unpaired) electrons. The normalized spacial score (nSPS) is 38.7. The highest BCUT2D eigenvalue weighted by molar-refractivity contribution is 5.85. The van der Waals surface area contributed by atoms with Crippen LogP contribution in [0.2, 0.25) is 0 Å². The Balaban J connectivity index is 2.29. The Kier molecular flexibility index (Phi) is 2.93. The molecule has 2 heterocycles. The summed E-state index contributed by atoms with van der Waals surface area (Å²) in [4.78, 5) is 15.5. The molecule has 0 spiro atoms. The van der Waals surface area contributed by atoms with Crippen LogP contribution in [-0.2, 0) is 9.53 Å². The predicted molar refractivity (Wildman–Crippen MR) is 53.3 cm³/mol. The van der Waals surface area contributed by atoms with Crippen molar-refractivity contribution in [3.05, 3.63) is 12.1 Å². The lowest BCUT2D eigenvalue weighted by atomic mass is 9.95. The van der Waals surface area contributed by atoms with E-state index in [4.69, 9.17) is 15.6 Å². The van der Waals surface area contributed by atoms with Crippen molar-refractivity contribution >= 4 is 12.2 Å². The van der Waals surface area contributed by atoms with Crippen LogP contribution in [0.25, 0.3) is 0 Å². The Morgan fingerprint density at radius 2 is 2.39 bits per heavy atom. The van der Waals surface area contributed by atoms with Gasteiger partial charge in [-0.1, -0.05) is 0 Å². The van der Waals surface area contributed by atoms with E-state index in [0.717, 1.165) is 11.1 Å². The number of hydrogen-bond donors (Lipinski definition) is 4. The van der Waals surface area contributed by atoms with E-state index in [1.807, 2.05) is 0 Å². The van der Waals surface area contributed by atoms with Crippen molar-refractivity contribution in [3.8, 4) is 0 Å². The number of ether oxygens (including phenoxy) is 1. The summed E-state index contributed by atoms with van der Waals surface area (Å²) in [7, 11) is 0. The quantitative estimate of drug-likeness (QED) is 0.373. The fraction of sp³-hybridized carbons (Fsp3) is 0.556. The number of amides is 1. The Labute approximate surface area is 101 Å². The van der Waals surface area contributed by atoms with E-state index in [1.165, 1.54) is 0 Å². The summed E-state index contributed by atoms with van der Waals surface area (Å²) in [5, 5.41) is 40.0. The Hall–Kier alpha value is -1.77. The molecule has 0 bridgehead atoms. The second-order valence-electron chi connectivity index (χ2n) is 3.92. The molecule has 0 aromatic carbocycles. The summed E-state index contributed by atoms with van der Waals surface area (Å²) in [5.74, 6) is -1.78. The molecule has 0 aliphatic carbocycles. The first kappa shape index (κ1) is 12.7. The van der Waals surface area contributed by atoms with Gasteiger partial charge in [-0.15, -0.1) is 4.90 Å². The zero-order valence-electron chi connectivity index (χ0n) is 9.05. The molecule has 2 aliphatic heterocycles. The van der Waals surface area contributed by atoms with Crippen LogP contribution in [0.3, 0.4) is 0 Å². The lowest BCUT2D eigenvalue weighted by Gasteiger charge is -2.26.